The third-order valence-electron chi connectivity index (χ3n) is 5.01. The zero-order chi connectivity index (χ0) is 16.9. The van der Waals surface area contributed by atoms with Gasteiger partial charge in [0.15, 0.2) is 0 Å². The molecule has 2 saturated heterocycles. The van der Waals surface area contributed by atoms with Crippen molar-refractivity contribution in [3.05, 3.63) is 23.3 Å². The van der Waals surface area contributed by atoms with Crippen LogP contribution in [0.25, 0.3) is 0 Å². The monoisotopic (exact) mass is 331 g/mol. The second-order valence-corrected chi connectivity index (χ2v) is 7.16. The molecule has 0 spiro atoms. The topological polar surface area (TPSA) is 61.4 Å². The molecule has 2 aliphatic heterocycles. The molecule has 2 fully saturated rings. The van der Waals surface area contributed by atoms with Crippen molar-refractivity contribution >= 4 is 5.91 Å². The summed E-state index contributed by atoms with van der Waals surface area (Å²) < 4.78 is 0. The maximum Gasteiger partial charge on any atom is 0.270 e. The van der Waals surface area contributed by atoms with E-state index in [4.69, 9.17) is 0 Å². The van der Waals surface area contributed by atoms with E-state index < -0.39 is 0 Å². The summed E-state index contributed by atoms with van der Waals surface area (Å²) in [5.74, 6) is 1.08. The number of amides is 1. The van der Waals surface area contributed by atoms with Crippen molar-refractivity contribution in [2.45, 2.75) is 38.5 Å². The van der Waals surface area contributed by atoms with Crippen molar-refractivity contribution in [2.24, 2.45) is 0 Å². The lowest BCUT2D eigenvalue weighted by atomic mass is 9.97. The second-order valence-electron chi connectivity index (χ2n) is 7.16. The van der Waals surface area contributed by atoms with Gasteiger partial charge in [0.2, 0.25) is 0 Å². The maximum absolute atomic E-state index is 12.4. The normalized spacial score (nSPS) is 22.7. The molecular weight excluding hydrogens is 302 g/mol. The van der Waals surface area contributed by atoms with Gasteiger partial charge in [-0.05, 0) is 65.4 Å². The molecular formula is C18H29N5O. The highest BCUT2D eigenvalue weighted by Crippen LogP contribution is 2.23. The van der Waals surface area contributed by atoms with E-state index in [1.54, 1.807) is 6.07 Å². The Morgan fingerprint density at radius 3 is 2.79 bits per heavy atom. The molecule has 132 valence electrons. The van der Waals surface area contributed by atoms with E-state index in [0.717, 1.165) is 57.1 Å². The number of piperidine rings is 1. The molecule has 1 amide bonds. The molecule has 2 aliphatic rings. The predicted molar refractivity (Wildman–Crippen MR) is 94.2 cm³/mol. The van der Waals surface area contributed by atoms with Crippen LogP contribution >= 0.6 is 0 Å². The van der Waals surface area contributed by atoms with Gasteiger partial charge in [-0.1, -0.05) is 0 Å². The van der Waals surface area contributed by atoms with E-state index in [1.165, 1.54) is 12.8 Å². The van der Waals surface area contributed by atoms with Crippen LogP contribution in [0.15, 0.2) is 6.07 Å². The first-order chi connectivity index (χ1) is 11.6. The second kappa shape index (κ2) is 8.03. The van der Waals surface area contributed by atoms with E-state index in [2.05, 4.69) is 32.1 Å². The van der Waals surface area contributed by atoms with Crippen LogP contribution in [0.1, 0.15) is 53.6 Å². The first kappa shape index (κ1) is 17.3. The van der Waals surface area contributed by atoms with Crippen LogP contribution in [0.5, 0.6) is 0 Å². The number of likely N-dealkylation sites (tertiary alicyclic amines) is 2. The number of nitrogens with zero attached hydrogens (tertiary/aromatic N) is 4. The minimum Gasteiger partial charge on any atom is -0.349 e. The molecule has 1 unspecified atom stereocenters. The minimum absolute atomic E-state index is 0.0786. The summed E-state index contributed by atoms with van der Waals surface area (Å²) in [5, 5.41) is 3.01. The van der Waals surface area contributed by atoms with E-state index in [0.29, 0.717) is 18.2 Å². The summed E-state index contributed by atoms with van der Waals surface area (Å²) in [6.45, 7) is 7.97. The number of nitrogens with one attached hydrogen (secondary N) is 1. The Balaban J connectivity index is 1.60. The highest BCUT2D eigenvalue weighted by Gasteiger charge is 2.23. The molecule has 0 radical (unpaired) electrons. The Kier molecular flexibility index (Phi) is 5.79. The summed E-state index contributed by atoms with van der Waals surface area (Å²) in [6.07, 6.45) is 4.82. The number of likely N-dealkylation sites (N-methyl/N-ethyl adjacent to an activating group) is 1. The van der Waals surface area contributed by atoms with E-state index in [-0.39, 0.29) is 5.91 Å². The lowest BCUT2D eigenvalue weighted by molar-refractivity contribution is 0.0944. The Labute approximate surface area is 144 Å². The number of rotatable bonds is 5. The first-order valence-electron chi connectivity index (χ1n) is 9.16. The average molecular weight is 331 g/mol. The zero-order valence-electron chi connectivity index (χ0n) is 14.9. The molecule has 0 bridgehead atoms. The molecule has 3 heterocycles. The Morgan fingerprint density at radius 1 is 1.25 bits per heavy atom. The Bertz CT molecular complexity index is 571. The number of aromatic nitrogens is 2. The van der Waals surface area contributed by atoms with Crippen molar-refractivity contribution in [1.82, 2.24) is 25.1 Å². The lowest BCUT2D eigenvalue weighted by Crippen LogP contribution is -2.35. The largest absolute Gasteiger partial charge is 0.349 e. The van der Waals surface area contributed by atoms with Crippen LogP contribution in [0.4, 0.5) is 0 Å². The predicted octanol–water partition coefficient (Wildman–Crippen LogP) is 1.42. The van der Waals surface area contributed by atoms with Gasteiger partial charge >= 0.3 is 0 Å². The van der Waals surface area contributed by atoms with Gasteiger partial charge < -0.3 is 15.1 Å². The molecule has 0 aliphatic carbocycles. The smallest absolute Gasteiger partial charge is 0.270 e. The molecule has 0 saturated carbocycles. The fourth-order valence-corrected chi connectivity index (χ4v) is 3.69. The standard InChI is InChI=1S/C18H29N5O/c1-14-12-16(18(24)19-7-11-23-9-3-4-10-23)21-17(20-14)15-6-5-8-22(2)13-15/h12,15H,3-11,13H2,1-2H3,(H,19,24). The molecule has 1 aromatic rings. The van der Waals surface area contributed by atoms with Gasteiger partial charge in [-0.2, -0.15) is 0 Å². The van der Waals surface area contributed by atoms with E-state index in [9.17, 15) is 4.79 Å². The number of hydrogen-bond donors (Lipinski definition) is 1. The van der Waals surface area contributed by atoms with Gasteiger partial charge in [-0.25, -0.2) is 9.97 Å². The lowest BCUT2D eigenvalue weighted by Gasteiger charge is -2.28. The van der Waals surface area contributed by atoms with E-state index in [1.807, 2.05) is 6.92 Å². The van der Waals surface area contributed by atoms with Gasteiger partial charge in [-0.3, -0.25) is 4.79 Å². The van der Waals surface area contributed by atoms with Crippen LogP contribution in [0, 0.1) is 6.92 Å². The SMILES string of the molecule is Cc1cc(C(=O)NCCN2CCCC2)nc(C2CCCN(C)C2)n1. The molecule has 24 heavy (non-hydrogen) atoms. The highest BCUT2D eigenvalue weighted by molar-refractivity contribution is 5.92. The average Bonchev–Trinajstić information content (AvgIpc) is 3.07. The molecule has 1 aromatic heterocycles. The van der Waals surface area contributed by atoms with Gasteiger partial charge in [0, 0.05) is 31.2 Å². The molecule has 6 nitrogen and oxygen atoms in total. The van der Waals surface area contributed by atoms with Crippen LogP contribution in [0.3, 0.4) is 0 Å². The fraction of sp³-hybridized carbons (Fsp3) is 0.722. The highest BCUT2D eigenvalue weighted by atomic mass is 16.1. The van der Waals surface area contributed by atoms with Crippen LogP contribution in [-0.4, -0.2) is 72.0 Å². The van der Waals surface area contributed by atoms with Crippen molar-refractivity contribution in [1.29, 1.82) is 0 Å². The number of carbonyl (C=O) groups excluding carboxylic acids is 1. The summed E-state index contributed by atoms with van der Waals surface area (Å²) in [5.41, 5.74) is 1.38. The van der Waals surface area contributed by atoms with Crippen molar-refractivity contribution < 1.29 is 4.79 Å². The third kappa shape index (κ3) is 4.51. The Hall–Kier alpha value is -1.53. The summed E-state index contributed by atoms with van der Waals surface area (Å²) >= 11 is 0. The number of hydrogen-bond acceptors (Lipinski definition) is 5. The molecule has 3 rings (SSSR count). The molecule has 6 heteroatoms. The Morgan fingerprint density at radius 2 is 2.04 bits per heavy atom. The van der Waals surface area contributed by atoms with E-state index >= 15 is 0 Å². The fourth-order valence-electron chi connectivity index (χ4n) is 3.69. The molecule has 0 aromatic carbocycles. The van der Waals surface area contributed by atoms with Gasteiger partial charge in [-0.15, -0.1) is 0 Å². The van der Waals surface area contributed by atoms with Gasteiger partial charge in [0.25, 0.3) is 5.91 Å². The van der Waals surface area contributed by atoms with Crippen LogP contribution < -0.4 is 5.32 Å². The van der Waals surface area contributed by atoms with Gasteiger partial charge in [0.1, 0.15) is 11.5 Å². The summed E-state index contributed by atoms with van der Waals surface area (Å²) in [4.78, 5) is 26.3. The number of aryl methyl sites for hydroxylation is 1. The van der Waals surface area contributed by atoms with Gasteiger partial charge in [0.05, 0.1) is 0 Å². The number of carbonyl (C=O) groups is 1. The zero-order valence-corrected chi connectivity index (χ0v) is 14.9. The minimum atomic E-state index is -0.0786. The first-order valence-corrected chi connectivity index (χ1v) is 9.16. The molecule has 1 N–H and O–H groups in total. The van der Waals surface area contributed by atoms with Crippen molar-refractivity contribution in [2.75, 3.05) is 46.3 Å². The third-order valence-corrected chi connectivity index (χ3v) is 5.01. The molecule has 1 atom stereocenters. The quantitative estimate of drug-likeness (QED) is 0.884. The van der Waals surface area contributed by atoms with Crippen LogP contribution in [0.2, 0.25) is 0 Å². The summed E-state index contributed by atoms with van der Waals surface area (Å²) in [6, 6.07) is 1.79. The summed E-state index contributed by atoms with van der Waals surface area (Å²) in [7, 11) is 2.13. The van der Waals surface area contributed by atoms with Crippen LogP contribution in [-0.2, 0) is 0 Å². The van der Waals surface area contributed by atoms with Crippen molar-refractivity contribution in [3.63, 3.8) is 0 Å². The maximum atomic E-state index is 12.4. The van der Waals surface area contributed by atoms with Crippen molar-refractivity contribution in [3.8, 4) is 0 Å².